The lowest BCUT2D eigenvalue weighted by Gasteiger charge is -2.17. The molecule has 0 spiro atoms. The van der Waals surface area contributed by atoms with Crippen molar-refractivity contribution in [2.24, 2.45) is 0 Å². The third-order valence-electron chi connectivity index (χ3n) is 2.38. The van der Waals surface area contributed by atoms with Crippen LogP contribution in [0, 0.1) is 0 Å². The molecule has 0 amide bonds. The van der Waals surface area contributed by atoms with Crippen molar-refractivity contribution in [1.82, 2.24) is 9.97 Å². The minimum atomic E-state index is 0.0278. The van der Waals surface area contributed by atoms with E-state index in [0.29, 0.717) is 0 Å². The van der Waals surface area contributed by atoms with Gasteiger partial charge >= 0.3 is 0 Å². The number of aromatic nitrogens is 2. The Morgan fingerprint density at radius 1 is 1.27 bits per heavy atom. The summed E-state index contributed by atoms with van der Waals surface area (Å²) in [5.41, 5.74) is 2.30. The van der Waals surface area contributed by atoms with Crippen molar-refractivity contribution < 1.29 is 0 Å². The van der Waals surface area contributed by atoms with Crippen LogP contribution in [-0.4, -0.2) is 9.97 Å². The smallest absolute Gasteiger partial charge is 0.134 e. The van der Waals surface area contributed by atoms with Gasteiger partial charge in [0.15, 0.2) is 0 Å². The molecule has 0 saturated heterocycles. The number of nitrogens with zero attached hydrogens (tertiary/aromatic N) is 2. The van der Waals surface area contributed by atoms with Crippen molar-refractivity contribution in [1.29, 1.82) is 0 Å². The number of hydrogen-bond acceptors (Lipinski definition) is 3. The number of rotatable bonds is 1. The third-order valence-corrected chi connectivity index (χ3v) is 3.33. The van der Waals surface area contributed by atoms with Gasteiger partial charge in [-0.1, -0.05) is 27.7 Å². The van der Waals surface area contributed by atoms with Crippen LogP contribution in [0.25, 0.3) is 10.2 Å². The molecule has 2 heterocycles. The van der Waals surface area contributed by atoms with Gasteiger partial charge < -0.3 is 0 Å². The summed E-state index contributed by atoms with van der Waals surface area (Å²) >= 11 is 1.73. The van der Waals surface area contributed by atoms with Crippen molar-refractivity contribution in [2.75, 3.05) is 0 Å². The van der Waals surface area contributed by atoms with Gasteiger partial charge in [0.2, 0.25) is 0 Å². The Balaban J connectivity index is 2.69. The molecule has 0 radical (unpaired) electrons. The van der Waals surface area contributed by atoms with Gasteiger partial charge in [-0.15, -0.1) is 11.3 Å². The van der Waals surface area contributed by atoms with Crippen LogP contribution in [0.1, 0.15) is 39.2 Å². The van der Waals surface area contributed by atoms with Crippen molar-refractivity contribution in [3.05, 3.63) is 23.0 Å². The number of aryl methyl sites for hydroxylation is 1. The topological polar surface area (TPSA) is 25.8 Å². The molecule has 0 saturated carbocycles. The van der Waals surface area contributed by atoms with Crippen LogP contribution in [-0.2, 0) is 11.8 Å². The van der Waals surface area contributed by atoms with E-state index in [-0.39, 0.29) is 5.41 Å². The van der Waals surface area contributed by atoms with Gasteiger partial charge in [-0.3, -0.25) is 0 Å². The highest BCUT2D eigenvalue weighted by Crippen LogP contribution is 2.26. The van der Waals surface area contributed by atoms with E-state index in [1.54, 1.807) is 11.3 Å². The molecule has 0 N–H and O–H groups in total. The molecule has 0 aliphatic rings. The van der Waals surface area contributed by atoms with Crippen molar-refractivity contribution in [2.45, 2.75) is 39.5 Å². The monoisotopic (exact) mass is 220 g/mol. The zero-order chi connectivity index (χ0) is 11.1. The summed E-state index contributed by atoms with van der Waals surface area (Å²) in [4.78, 5) is 9.28. The Bertz CT molecular complexity index is 480. The lowest BCUT2D eigenvalue weighted by Crippen LogP contribution is -2.16. The van der Waals surface area contributed by atoms with Gasteiger partial charge in [0.1, 0.15) is 5.82 Å². The molecular formula is C12H16N2S. The third kappa shape index (κ3) is 1.88. The van der Waals surface area contributed by atoms with E-state index in [2.05, 4.69) is 49.1 Å². The van der Waals surface area contributed by atoms with E-state index in [1.165, 1.54) is 10.4 Å². The maximum atomic E-state index is 4.66. The number of fused-ring (bicyclic) bond motifs is 1. The van der Waals surface area contributed by atoms with Gasteiger partial charge in [-0.2, -0.15) is 0 Å². The molecule has 0 fully saturated rings. The van der Waals surface area contributed by atoms with Crippen LogP contribution in [0.4, 0.5) is 0 Å². The first kappa shape index (κ1) is 10.6. The maximum Gasteiger partial charge on any atom is 0.134 e. The van der Waals surface area contributed by atoms with Gasteiger partial charge in [0.25, 0.3) is 0 Å². The Hall–Kier alpha value is -0.960. The molecule has 0 bridgehead atoms. The van der Waals surface area contributed by atoms with Crippen LogP contribution >= 0.6 is 11.3 Å². The van der Waals surface area contributed by atoms with E-state index < -0.39 is 0 Å². The number of thiophene rings is 1. The van der Waals surface area contributed by atoms with Crippen LogP contribution in [0.2, 0.25) is 0 Å². The average Bonchev–Trinajstić information content (AvgIpc) is 2.62. The van der Waals surface area contributed by atoms with Crippen molar-refractivity contribution >= 4 is 21.6 Å². The molecule has 0 unspecified atom stereocenters. The molecular weight excluding hydrogens is 204 g/mol. The average molecular weight is 220 g/mol. The second-order valence-corrected chi connectivity index (χ2v) is 5.65. The molecule has 0 atom stereocenters. The normalized spacial score (nSPS) is 12.3. The SMILES string of the molecule is CCc1nc(C(C)(C)C)nc2ccsc12. The zero-order valence-corrected chi connectivity index (χ0v) is 10.5. The van der Waals surface area contributed by atoms with Crippen LogP contribution < -0.4 is 0 Å². The van der Waals surface area contributed by atoms with E-state index in [0.717, 1.165) is 17.8 Å². The summed E-state index contributed by atoms with van der Waals surface area (Å²) in [6, 6.07) is 2.08. The highest BCUT2D eigenvalue weighted by Gasteiger charge is 2.19. The molecule has 80 valence electrons. The van der Waals surface area contributed by atoms with E-state index >= 15 is 0 Å². The first-order valence-electron chi connectivity index (χ1n) is 5.27. The largest absolute Gasteiger partial charge is 0.236 e. The second kappa shape index (κ2) is 3.56. The minimum absolute atomic E-state index is 0.0278. The molecule has 2 nitrogen and oxygen atoms in total. The number of hydrogen-bond donors (Lipinski definition) is 0. The Morgan fingerprint density at radius 3 is 2.60 bits per heavy atom. The molecule has 0 aromatic carbocycles. The summed E-state index contributed by atoms with van der Waals surface area (Å²) in [5.74, 6) is 0.949. The molecule has 0 aliphatic carbocycles. The van der Waals surface area contributed by atoms with Crippen LogP contribution in [0.15, 0.2) is 11.4 Å². The molecule has 0 aliphatic heterocycles. The fourth-order valence-electron chi connectivity index (χ4n) is 1.50. The quantitative estimate of drug-likeness (QED) is 0.734. The van der Waals surface area contributed by atoms with Crippen molar-refractivity contribution in [3.8, 4) is 0 Å². The first-order valence-corrected chi connectivity index (χ1v) is 6.15. The predicted octanol–water partition coefficient (Wildman–Crippen LogP) is 3.55. The highest BCUT2D eigenvalue weighted by molar-refractivity contribution is 7.17. The van der Waals surface area contributed by atoms with Gasteiger partial charge in [0.05, 0.1) is 15.9 Å². The molecule has 2 rings (SSSR count). The lowest BCUT2D eigenvalue weighted by atomic mass is 9.95. The van der Waals surface area contributed by atoms with Crippen molar-refractivity contribution in [3.63, 3.8) is 0 Å². The van der Waals surface area contributed by atoms with E-state index in [1.807, 2.05) is 0 Å². The van der Waals surface area contributed by atoms with Gasteiger partial charge in [-0.05, 0) is 17.9 Å². The minimum Gasteiger partial charge on any atom is -0.236 e. The Labute approximate surface area is 94.4 Å². The van der Waals surface area contributed by atoms with E-state index in [9.17, 15) is 0 Å². The zero-order valence-electron chi connectivity index (χ0n) is 9.66. The summed E-state index contributed by atoms with van der Waals surface area (Å²) in [7, 11) is 0. The summed E-state index contributed by atoms with van der Waals surface area (Å²) in [6.07, 6.45) is 0.975. The summed E-state index contributed by atoms with van der Waals surface area (Å²) in [6.45, 7) is 8.61. The summed E-state index contributed by atoms with van der Waals surface area (Å²) < 4.78 is 1.24. The Morgan fingerprint density at radius 2 is 2.00 bits per heavy atom. The van der Waals surface area contributed by atoms with E-state index in [4.69, 9.17) is 0 Å². The molecule has 2 aromatic rings. The molecule has 2 aromatic heterocycles. The van der Waals surface area contributed by atoms with Crippen LogP contribution in [0.3, 0.4) is 0 Å². The second-order valence-electron chi connectivity index (χ2n) is 4.73. The lowest BCUT2D eigenvalue weighted by molar-refractivity contribution is 0.545. The molecule has 15 heavy (non-hydrogen) atoms. The standard InChI is InChI=1S/C12H16N2S/c1-5-8-10-9(6-7-15-10)14-11(13-8)12(2,3)4/h6-7H,5H2,1-4H3. The van der Waals surface area contributed by atoms with Gasteiger partial charge in [0, 0.05) is 5.41 Å². The Kier molecular flexibility index (Phi) is 2.51. The summed E-state index contributed by atoms with van der Waals surface area (Å²) in [5, 5.41) is 2.09. The fourth-order valence-corrected chi connectivity index (χ4v) is 2.39. The first-order chi connectivity index (χ1) is 7.02. The maximum absolute atomic E-state index is 4.66. The van der Waals surface area contributed by atoms with Crippen LogP contribution in [0.5, 0.6) is 0 Å². The van der Waals surface area contributed by atoms with Gasteiger partial charge in [-0.25, -0.2) is 9.97 Å². The highest BCUT2D eigenvalue weighted by atomic mass is 32.1. The molecule has 3 heteroatoms. The predicted molar refractivity (Wildman–Crippen MR) is 65.5 cm³/mol. The fraction of sp³-hybridized carbons (Fsp3) is 0.500.